The van der Waals surface area contributed by atoms with Crippen molar-refractivity contribution in [3.05, 3.63) is 27.3 Å². The standard InChI is InChI=1S/C17H24ClN5O4S2/c18-12-10-13-15(11-14(12)28-19)29-21-17(20-13)5-3-7-22(8-6-17)16(24)4-1-2-9-27-23(25)26/h10-11,20-21H,1-9,19H2. The van der Waals surface area contributed by atoms with Gasteiger partial charge >= 0.3 is 0 Å². The molecule has 4 N–H and O–H groups in total. The largest absolute Gasteiger partial charge is 0.365 e. The van der Waals surface area contributed by atoms with Gasteiger partial charge in [-0.1, -0.05) is 11.6 Å². The Bertz CT molecular complexity index is 772. The topological polar surface area (TPSA) is 123 Å². The summed E-state index contributed by atoms with van der Waals surface area (Å²) in [5, 5.41) is 19.2. The summed E-state index contributed by atoms with van der Waals surface area (Å²) in [6.45, 7) is 1.38. The second-order valence-corrected chi connectivity index (χ2v) is 8.99. The fraction of sp³-hybridized carbons (Fsp3) is 0.588. The molecule has 1 amide bonds. The normalized spacial score (nSPS) is 21.2. The number of carbonyl (C=O) groups is 1. The van der Waals surface area contributed by atoms with Crippen molar-refractivity contribution in [2.75, 3.05) is 25.0 Å². The maximum absolute atomic E-state index is 12.5. The zero-order valence-electron chi connectivity index (χ0n) is 15.8. The van der Waals surface area contributed by atoms with E-state index in [2.05, 4.69) is 14.9 Å². The molecule has 2 aliphatic heterocycles. The molecule has 0 bridgehead atoms. The summed E-state index contributed by atoms with van der Waals surface area (Å²) in [5.41, 5.74) is 0.676. The van der Waals surface area contributed by atoms with Crippen LogP contribution in [0.25, 0.3) is 0 Å². The minimum atomic E-state index is -0.806. The average Bonchev–Trinajstić information content (AvgIpc) is 2.89. The lowest BCUT2D eigenvalue weighted by Crippen LogP contribution is -2.51. The minimum absolute atomic E-state index is 0.0286. The van der Waals surface area contributed by atoms with Gasteiger partial charge in [-0.25, -0.2) is 4.72 Å². The number of rotatable bonds is 7. The first-order chi connectivity index (χ1) is 13.9. The van der Waals surface area contributed by atoms with Crippen LogP contribution in [0.5, 0.6) is 0 Å². The first kappa shape index (κ1) is 22.3. The summed E-state index contributed by atoms with van der Waals surface area (Å²) in [4.78, 5) is 30.7. The van der Waals surface area contributed by atoms with Crippen LogP contribution < -0.4 is 15.2 Å². The average molecular weight is 462 g/mol. The van der Waals surface area contributed by atoms with Crippen LogP contribution in [0.1, 0.15) is 38.5 Å². The van der Waals surface area contributed by atoms with E-state index in [-0.39, 0.29) is 18.2 Å². The lowest BCUT2D eigenvalue weighted by atomic mass is 10.0. The van der Waals surface area contributed by atoms with Crippen LogP contribution in [0.15, 0.2) is 21.9 Å². The lowest BCUT2D eigenvalue weighted by Gasteiger charge is -2.40. The molecular weight excluding hydrogens is 438 g/mol. The van der Waals surface area contributed by atoms with Crippen LogP contribution in [-0.2, 0) is 9.63 Å². The zero-order valence-corrected chi connectivity index (χ0v) is 18.2. The highest BCUT2D eigenvalue weighted by Gasteiger charge is 2.37. The monoisotopic (exact) mass is 461 g/mol. The number of anilines is 1. The highest BCUT2D eigenvalue weighted by Crippen LogP contribution is 2.42. The van der Waals surface area contributed by atoms with Crippen molar-refractivity contribution in [2.45, 2.75) is 54.0 Å². The Morgan fingerprint density at radius 3 is 3.00 bits per heavy atom. The van der Waals surface area contributed by atoms with Gasteiger partial charge in [-0.05, 0) is 61.7 Å². The number of nitrogens with one attached hydrogen (secondary N) is 2. The molecule has 1 aromatic carbocycles. The van der Waals surface area contributed by atoms with Crippen LogP contribution in [0.4, 0.5) is 5.69 Å². The molecule has 3 rings (SSSR count). The molecule has 0 radical (unpaired) electrons. The van der Waals surface area contributed by atoms with Gasteiger partial charge in [0.05, 0.1) is 23.0 Å². The lowest BCUT2D eigenvalue weighted by molar-refractivity contribution is -0.757. The summed E-state index contributed by atoms with van der Waals surface area (Å²) in [6, 6.07) is 3.87. The first-order valence-electron chi connectivity index (χ1n) is 9.40. The molecule has 160 valence electrons. The van der Waals surface area contributed by atoms with Gasteiger partial charge < -0.3 is 15.1 Å². The highest BCUT2D eigenvalue weighted by atomic mass is 35.5. The summed E-state index contributed by atoms with van der Waals surface area (Å²) in [6.07, 6.45) is 3.96. The van der Waals surface area contributed by atoms with Crippen LogP contribution >= 0.6 is 35.5 Å². The Kier molecular flexibility index (Phi) is 7.74. The van der Waals surface area contributed by atoms with Gasteiger partial charge in [-0.2, -0.15) is 0 Å². The Morgan fingerprint density at radius 1 is 1.41 bits per heavy atom. The molecule has 0 aromatic heterocycles. The molecule has 9 nitrogen and oxygen atoms in total. The molecule has 12 heteroatoms. The second-order valence-electron chi connectivity index (χ2n) is 7.06. The second kappa shape index (κ2) is 10.1. The van der Waals surface area contributed by atoms with Crippen molar-refractivity contribution in [2.24, 2.45) is 5.14 Å². The quantitative estimate of drug-likeness (QED) is 0.242. The molecule has 1 saturated heterocycles. The zero-order chi connectivity index (χ0) is 20.9. The molecule has 0 saturated carbocycles. The van der Waals surface area contributed by atoms with Gasteiger partial charge in [0.25, 0.3) is 5.09 Å². The molecule has 2 aliphatic rings. The van der Waals surface area contributed by atoms with Crippen molar-refractivity contribution >= 4 is 47.1 Å². The molecule has 1 unspecified atom stereocenters. The number of nitrogens with zero attached hydrogens (tertiary/aromatic N) is 2. The van der Waals surface area contributed by atoms with E-state index in [0.29, 0.717) is 37.4 Å². The van der Waals surface area contributed by atoms with E-state index >= 15 is 0 Å². The van der Waals surface area contributed by atoms with E-state index < -0.39 is 5.09 Å². The molecule has 29 heavy (non-hydrogen) atoms. The van der Waals surface area contributed by atoms with Gasteiger partial charge in [-0.3, -0.25) is 9.93 Å². The van der Waals surface area contributed by atoms with E-state index in [4.69, 9.17) is 16.7 Å². The third-order valence-corrected chi connectivity index (χ3v) is 7.13. The Labute approximate surface area is 182 Å². The summed E-state index contributed by atoms with van der Waals surface area (Å²) < 4.78 is 3.53. The van der Waals surface area contributed by atoms with E-state index in [1.54, 1.807) is 11.9 Å². The van der Waals surface area contributed by atoms with Crippen LogP contribution in [0.3, 0.4) is 0 Å². The Hall–Kier alpha value is -1.40. The maximum Gasteiger partial charge on any atom is 0.294 e. The fourth-order valence-electron chi connectivity index (χ4n) is 3.53. The number of carbonyl (C=O) groups excluding carboxylic acids is 1. The van der Waals surface area contributed by atoms with E-state index in [9.17, 15) is 14.9 Å². The molecular formula is C17H24ClN5O4S2. The van der Waals surface area contributed by atoms with Crippen molar-refractivity contribution in [3.8, 4) is 0 Å². The Morgan fingerprint density at radius 2 is 2.24 bits per heavy atom. The molecule has 1 spiro atoms. The van der Waals surface area contributed by atoms with Crippen LogP contribution in [-0.4, -0.2) is 41.3 Å². The number of unbranched alkanes of at least 4 members (excludes halogenated alkanes) is 1. The van der Waals surface area contributed by atoms with Gasteiger partial charge in [0, 0.05) is 35.7 Å². The van der Waals surface area contributed by atoms with Crippen molar-refractivity contribution in [3.63, 3.8) is 0 Å². The van der Waals surface area contributed by atoms with E-state index in [0.717, 1.165) is 46.7 Å². The molecule has 1 fully saturated rings. The van der Waals surface area contributed by atoms with Gasteiger partial charge in [-0.15, -0.1) is 10.1 Å². The van der Waals surface area contributed by atoms with E-state index in [1.807, 2.05) is 17.0 Å². The predicted molar refractivity (Wildman–Crippen MR) is 114 cm³/mol. The summed E-state index contributed by atoms with van der Waals surface area (Å²) in [7, 11) is 0. The molecule has 2 heterocycles. The number of benzene rings is 1. The van der Waals surface area contributed by atoms with Crippen molar-refractivity contribution < 1.29 is 14.7 Å². The number of fused-ring (bicyclic) bond motifs is 1. The number of hydrogen-bond donors (Lipinski definition) is 3. The fourth-order valence-corrected chi connectivity index (χ4v) is 5.22. The van der Waals surface area contributed by atoms with Crippen LogP contribution in [0, 0.1) is 10.1 Å². The van der Waals surface area contributed by atoms with E-state index in [1.165, 1.54) is 0 Å². The predicted octanol–water partition coefficient (Wildman–Crippen LogP) is 3.42. The summed E-state index contributed by atoms with van der Waals surface area (Å²) in [5.74, 6) is 0.0830. The number of likely N-dealkylation sites (tertiary alicyclic amines) is 1. The maximum atomic E-state index is 12.5. The Balaban J connectivity index is 1.54. The van der Waals surface area contributed by atoms with Crippen molar-refractivity contribution in [1.82, 2.24) is 9.62 Å². The third kappa shape index (κ3) is 5.82. The number of amides is 1. The number of hydrogen-bond acceptors (Lipinski definition) is 9. The third-order valence-electron chi connectivity index (χ3n) is 5.07. The van der Waals surface area contributed by atoms with Crippen LogP contribution in [0.2, 0.25) is 5.02 Å². The highest BCUT2D eigenvalue weighted by molar-refractivity contribution is 7.98. The van der Waals surface area contributed by atoms with Gasteiger partial charge in [0.15, 0.2) is 0 Å². The molecule has 0 aliphatic carbocycles. The number of halogens is 1. The first-order valence-corrected chi connectivity index (χ1v) is 11.5. The van der Waals surface area contributed by atoms with Crippen molar-refractivity contribution in [1.29, 1.82) is 0 Å². The smallest absolute Gasteiger partial charge is 0.294 e. The van der Waals surface area contributed by atoms with Gasteiger partial charge in [0.2, 0.25) is 5.91 Å². The van der Waals surface area contributed by atoms with Gasteiger partial charge in [0.1, 0.15) is 0 Å². The summed E-state index contributed by atoms with van der Waals surface area (Å²) >= 11 is 8.99. The number of nitrogens with two attached hydrogens (primary N) is 1. The minimum Gasteiger partial charge on any atom is -0.365 e. The molecule has 1 atom stereocenters. The SMILES string of the molecule is NSc1cc2c(cc1Cl)NC1(CCCN(C(=O)CCCCO[N+](=O)[O-])CC1)NS2. The molecule has 1 aromatic rings.